The molecule has 3 nitrogen and oxygen atoms in total. The maximum atomic E-state index is 5.21. The van der Waals surface area contributed by atoms with Gasteiger partial charge in [0.25, 0.3) is 0 Å². The van der Waals surface area contributed by atoms with Crippen molar-refractivity contribution in [3.8, 4) is 23.6 Å². The van der Waals surface area contributed by atoms with Gasteiger partial charge in [0, 0.05) is 10.9 Å². The van der Waals surface area contributed by atoms with E-state index in [0.717, 1.165) is 11.3 Å². The zero-order valence-corrected chi connectivity index (χ0v) is 7.66. The fraction of sp³-hybridized carbons (Fsp3) is 0.111. The Morgan fingerprint density at radius 3 is 3.23 bits per heavy atom. The maximum absolute atomic E-state index is 5.21. The second-order valence-electron chi connectivity index (χ2n) is 2.49. The minimum absolute atomic E-state index is 0.463. The Labute approximate surface area is 80.0 Å². The van der Waals surface area contributed by atoms with Gasteiger partial charge in [-0.3, -0.25) is 0 Å². The summed E-state index contributed by atoms with van der Waals surface area (Å²) in [6, 6.07) is 2.02. The van der Waals surface area contributed by atoms with Crippen LogP contribution in [-0.2, 0) is 6.54 Å². The molecule has 64 valence electrons. The Morgan fingerprint density at radius 2 is 2.54 bits per heavy atom. The van der Waals surface area contributed by atoms with Crippen LogP contribution in [0.25, 0.3) is 11.3 Å². The van der Waals surface area contributed by atoms with Crippen LogP contribution in [0, 0.1) is 12.3 Å². The monoisotopic (exact) mass is 189 g/mol. The molecule has 0 aromatic carbocycles. The topological polar surface area (TPSA) is 30.7 Å². The molecule has 2 aromatic rings. The van der Waals surface area contributed by atoms with Crippen LogP contribution in [0.5, 0.6) is 0 Å². The van der Waals surface area contributed by atoms with E-state index in [1.54, 1.807) is 22.2 Å². The van der Waals surface area contributed by atoms with Gasteiger partial charge in [-0.15, -0.1) is 11.5 Å². The average Bonchev–Trinajstić information content (AvgIpc) is 2.71. The maximum Gasteiger partial charge on any atom is 0.104 e. The van der Waals surface area contributed by atoms with Gasteiger partial charge in [0.1, 0.15) is 6.54 Å². The summed E-state index contributed by atoms with van der Waals surface area (Å²) in [5.74, 6) is 2.54. The molecule has 4 heteroatoms. The Kier molecular flexibility index (Phi) is 2.11. The van der Waals surface area contributed by atoms with Crippen molar-refractivity contribution in [1.82, 2.24) is 15.0 Å². The number of nitrogens with zero attached hydrogens (tertiary/aromatic N) is 3. The van der Waals surface area contributed by atoms with Crippen molar-refractivity contribution in [3.05, 3.63) is 23.0 Å². The van der Waals surface area contributed by atoms with Crippen LogP contribution in [0.15, 0.2) is 23.0 Å². The average molecular weight is 189 g/mol. The summed E-state index contributed by atoms with van der Waals surface area (Å²) in [6.07, 6.45) is 6.93. The van der Waals surface area contributed by atoms with E-state index in [9.17, 15) is 0 Å². The molecule has 0 aliphatic carbocycles. The molecule has 0 N–H and O–H groups in total. The van der Waals surface area contributed by atoms with E-state index in [1.807, 2.05) is 16.8 Å². The predicted molar refractivity (Wildman–Crippen MR) is 52.2 cm³/mol. The summed E-state index contributed by atoms with van der Waals surface area (Å²) in [4.78, 5) is 0. The molecule has 0 aliphatic rings. The molecule has 0 fully saturated rings. The molecule has 0 saturated carbocycles. The second-order valence-corrected chi connectivity index (χ2v) is 3.27. The fourth-order valence-corrected chi connectivity index (χ4v) is 1.74. The van der Waals surface area contributed by atoms with Gasteiger partial charge in [-0.05, 0) is 11.4 Å². The van der Waals surface area contributed by atoms with Gasteiger partial charge in [0.15, 0.2) is 0 Å². The van der Waals surface area contributed by atoms with E-state index in [0.29, 0.717) is 6.54 Å². The third-order valence-electron chi connectivity index (χ3n) is 1.68. The highest BCUT2D eigenvalue weighted by molar-refractivity contribution is 7.08. The van der Waals surface area contributed by atoms with Gasteiger partial charge in [0.05, 0.1) is 11.9 Å². The smallest absolute Gasteiger partial charge is 0.104 e. The van der Waals surface area contributed by atoms with Gasteiger partial charge in [-0.2, -0.15) is 11.3 Å². The third-order valence-corrected chi connectivity index (χ3v) is 2.36. The fourth-order valence-electron chi connectivity index (χ4n) is 1.09. The minimum atomic E-state index is 0.463. The molecule has 0 saturated heterocycles. The number of thiophene rings is 1. The van der Waals surface area contributed by atoms with Crippen LogP contribution in [0.4, 0.5) is 0 Å². The normalized spacial score (nSPS) is 9.77. The zero-order valence-electron chi connectivity index (χ0n) is 6.84. The van der Waals surface area contributed by atoms with Crippen LogP contribution in [0.2, 0.25) is 0 Å². The largest absolute Gasteiger partial charge is 0.233 e. The lowest BCUT2D eigenvalue weighted by Gasteiger charge is -1.98. The molecule has 0 unspecified atom stereocenters. The van der Waals surface area contributed by atoms with E-state index < -0.39 is 0 Å². The Morgan fingerprint density at radius 1 is 1.62 bits per heavy atom. The Bertz CT molecular complexity index is 422. The van der Waals surface area contributed by atoms with Crippen LogP contribution in [0.3, 0.4) is 0 Å². The molecule has 0 atom stereocenters. The first-order valence-corrected chi connectivity index (χ1v) is 4.70. The molecule has 0 spiro atoms. The molecule has 2 heterocycles. The number of aromatic nitrogens is 3. The number of rotatable bonds is 2. The van der Waals surface area contributed by atoms with Crippen molar-refractivity contribution >= 4 is 11.3 Å². The summed E-state index contributed by atoms with van der Waals surface area (Å²) >= 11 is 1.64. The van der Waals surface area contributed by atoms with E-state index >= 15 is 0 Å². The van der Waals surface area contributed by atoms with Crippen LogP contribution in [-0.4, -0.2) is 15.0 Å². The predicted octanol–water partition coefficient (Wildman–Crippen LogP) is 1.64. The van der Waals surface area contributed by atoms with Gasteiger partial charge in [0.2, 0.25) is 0 Å². The molecule has 0 radical (unpaired) electrons. The highest BCUT2D eigenvalue weighted by Crippen LogP contribution is 2.20. The van der Waals surface area contributed by atoms with Crippen molar-refractivity contribution in [2.45, 2.75) is 6.54 Å². The highest BCUT2D eigenvalue weighted by atomic mass is 32.1. The number of hydrogen-bond acceptors (Lipinski definition) is 3. The number of terminal acetylenes is 1. The summed E-state index contributed by atoms with van der Waals surface area (Å²) in [5, 5.41) is 11.8. The quantitative estimate of drug-likeness (QED) is 0.672. The van der Waals surface area contributed by atoms with Gasteiger partial charge in [-0.1, -0.05) is 11.1 Å². The summed E-state index contributed by atoms with van der Waals surface area (Å²) in [5.41, 5.74) is 2.09. The van der Waals surface area contributed by atoms with E-state index in [-0.39, 0.29) is 0 Å². The van der Waals surface area contributed by atoms with Crippen LogP contribution < -0.4 is 0 Å². The molecule has 2 aromatic heterocycles. The zero-order chi connectivity index (χ0) is 9.10. The van der Waals surface area contributed by atoms with Gasteiger partial charge in [-0.25, -0.2) is 4.68 Å². The van der Waals surface area contributed by atoms with Crippen LogP contribution in [0.1, 0.15) is 0 Å². The molecule has 13 heavy (non-hydrogen) atoms. The third kappa shape index (κ3) is 1.46. The SMILES string of the molecule is C#CCn1nncc1-c1ccsc1. The molecular formula is C9H7N3S. The van der Waals surface area contributed by atoms with E-state index in [2.05, 4.69) is 16.2 Å². The lowest BCUT2D eigenvalue weighted by atomic mass is 10.2. The molecule has 2 rings (SSSR count). The first-order valence-electron chi connectivity index (χ1n) is 3.76. The van der Waals surface area contributed by atoms with Crippen molar-refractivity contribution in [3.63, 3.8) is 0 Å². The standard InChI is InChI=1S/C9H7N3S/c1-2-4-12-9(6-10-11-12)8-3-5-13-7-8/h1,3,5-7H,4H2. The van der Waals surface area contributed by atoms with Crippen molar-refractivity contribution in [1.29, 1.82) is 0 Å². The second kappa shape index (κ2) is 3.42. The Hall–Kier alpha value is -1.60. The minimum Gasteiger partial charge on any atom is -0.233 e. The van der Waals surface area contributed by atoms with Crippen LogP contribution >= 0.6 is 11.3 Å². The lowest BCUT2D eigenvalue weighted by Crippen LogP contribution is -1.99. The summed E-state index contributed by atoms with van der Waals surface area (Å²) in [7, 11) is 0. The van der Waals surface area contributed by atoms with E-state index in [1.165, 1.54) is 0 Å². The molecule has 0 amide bonds. The van der Waals surface area contributed by atoms with E-state index in [4.69, 9.17) is 6.42 Å². The van der Waals surface area contributed by atoms with Crippen molar-refractivity contribution < 1.29 is 0 Å². The first-order chi connectivity index (χ1) is 6.42. The first kappa shape index (κ1) is 8.02. The molecular weight excluding hydrogens is 182 g/mol. The summed E-state index contributed by atoms with van der Waals surface area (Å²) < 4.78 is 1.71. The van der Waals surface area contributed by atoms with Crippen molar-refractivity contribution in [2.24, 2.45) is 0 Å². The molecule has 0 bridgehead atoms. The van der Waals surface area contributed by atoms with Gasteiger partial charge >= 0.3 is 0 Å². The molecule has 0 aliphatic heterocycles. The van der Waals surface area contributed by atoms with Crippen molar-refractivity contribution in [2.75, 3.05) is 0 Å². The summed E-state index contributed by atoms with van der Waals surface area (Å²) in [6.45, 7) is 0.463. The number of hydrogen-bond donors (Lipinski definition) is 0. The van der Waals surface area contributed by atoms with Gasteiger partial charge < -0.3 is 0 Å². The highest BCUT2D eigenvalue weighted by Gasteiger charge is 2.04. The lowest BCUT2D eigenvalue weighted by molar-refractivity contribution is 0.679. The Balaban J connectivity index is 2.42.